The molecule has 5 heteroatoms. The van der Waals surface area contributed by atoms with Gasteiger partial charge in [-0.25, -0.2) is 4.98 Å². The smallest absolute Gasteiger partial charge is 0.107 e. The van der Waals surface area contributed by atoms with Gasteiger partial charge in [-0.15, -0.1) is 11.3 Å². The summed E-state index contributed by atoms with van der Waals surface area (Å²) >= 11 is 1.68. The third-order valence-corrected chi connectivity index (χ3v) is 5.07. The Bertz CT molecular complexity index is 579. The predicted molar refractivity (Wildman–Crippen MR) is 88.8 cm³/mol. The monoisotopic (exact) mass is 318 g/mol. The summed E-state index contributed by atoms with van der Waals surface area (Å²) < 4.78 is 5.51. The molecule has 2 aromatic rings. The molecule has 118 valence electrons. The van der Waals surface area contributed by atoms with Crippen LogP contribution < -0.4 is 5.32 Å². The molecule has 4 nitrogen and oxygen atoms in total. The van der Waals surface area contributed by atoms with Gasteiger partial charge in [-0.1, -0.05) is 30.3 Å². The van der Waals surface area contributed by atoms with E-state index >= 15 is 0 Å². The Balaban J connectivity index is 1.55. The Morgan fingerprint density at radius 2 is 2.18 bits per heavy atom. The van der Waals surface area contributed by atoms with Gasteiger partial charge < -0.3 is 15.2 Å². The van der Waals surface area contributed by atoms with Gasteiger partial charge in [-0.05, 0) is 12.8 Å². The summed E-state index contributed by atoms with van der Waals surface area (Å²) in [6.45, 7) is 3.41. The number of benzene rings is 1. The Hall–Kier alpha value is -1.27. The number of hydrogen-bond acceptors (Lipinski definition) is 5. The number of aliphatic hydroxyl groups excluding tert-OH is 1. The molecule has 0 saturated carbocycles. The largest absolute Gasteiger partial charge is 0.396 e. The second kappa shape index (κ2) is 7.33. The van der Waals surface area contributed by atoms with Crippen LogP contribution in [0.5, 0.6) is 0 Å². The molecule has 1 aliphatic rings. The van der Waals surface area contributed by atoms with E-state index in [1.54, 1.807) is 11.3 Å². The van der Waals surface area contributed by atoms with E-state index in [0.29, 0.717) is 0 Å². The van der Waals surface area contributed by atoms with E-state index in [0.717, 1.165) is 55.4 Å². The Kier molecular flexibility index (Phi) is 5.20. The van der Waals surface area contributed by atoms with E-state index in [1.165, 1.54) is 0 Å². The summed E-state index contributed by atoms with van der Waals surface area (Å²) in [6.07, 6.45) is 1.82. The summed E-state index contributed by atoms with van der Waals surface area (Å²) in [6, 6.07) is 10.2. The first kappa shape index (κ1) is 15.6. The van der Waals surface area contributed by atoms with E-state index in [2.05, 4.69) is 27.8 Å². The molecule has 0 aliphatic carbocycles. The molecule has 1 aromatic carbocycles. The van der Waals surface area contributed by atoms with Crippen LogP contribution >= 0.6 is 11.3 Å². The first-order chi connectivity index (χ1) is 10.8. The van der Waals surface area contributed by atoms with Crippen molar-refractivity contribution in [3.8, 4) is 11.3 Å². The van der Waals surface area contributed by atoms with Crippen molar-refractivity contribution in [1.29, 1.82) is 0 Å². The van der Waals surface area contributed by atoms with Crippen LogP contribution in [0.4, 0.5) is 0 Å². The van der Waals surface area contributed by atoms with Gasteiger partial charge in [0.2, 0.25) is 0 Å². The summed E-state index contributed by atoms with van der Waals surface area (Å²) in [7, 11) is 0. The van der Waals surface area contributed by atoms with Crippen LogP contribution in [-0.2, 0) is 11.3 Å². The number of aliphatic hydroxyl groups is 1. The first-order valence-corrected chi connectivity index (χ1v) is 8.58. The molecule has 0 bridgehead atoms. The van der Waals surface area contributed by atoms with E-state index in [1.807, 2.05) is 18.2 Å². The lowest BCUT2D eigenvalue weighted by Crippen LogP contribution is -2.35. The fourth-order valence-corrected chi connectivity index (χ4v) is 3.65. The van der Waals surface area contributed by atoms with Crippen molar-refractivity contribution in [2.24, 2.45) is 5.41 Å². The van der Waals surface area contributed by atoms with Crippen LogP contribution in [0, 0.1) is 5.41 Å². The van der Waals surface area contributed by atoms with Gasteiger partial charge in [0, 0.05) is 42.7 Å². The molecule has 22 heavy (non-hydrogen) atoms. The maximum Gasteiger partial charge on any atom is 0.107 e. The SMILES string of the molecule is OCCC1(CNCc2nc(-c3ccccc3)cs2)CCOC1. The molecule has 0 radical (unpaired) electrons. The molecule has 0 spiro atoms. The maximum absolute atomic E-state index is 9.24. The first-order valence-electron chi connectivity index (χ1n) is 7.70. The van der Waals surface area contributed by atoms with Crippen LogP contribution in [0.1, 0.15) is 17.8 Å². The van der Waals surface area contributed by atoms with Gasteiger partial charge >= 0.3 is 0 Å². The minimum Gasteiger partial charge on any atom is -0.396 e. The second-order valence-corrected chi connectivity index (χ2v) is 6.81. The fraction of sp³-hybridized carbons (Fsp3) is 0.471. The maximum atomic E-state index is 9.24. The molecule has 2 heterocycles. The lowest BCUT2D eigenvalue weighted by molar-refractivity contribution is 0.124. The summed E-state index contributed by atoms with van der Waals surface area (Å²) in [5.41, 5.74) is 2.29. The molecule has 3 rings (SSSR count). The summed E-state index contributed by atoms with van der Waals surface area (Å²) in [5.74, 6) is 0. The van der Waals surface area contributed by atoms with Crippen molar-refractivity contribution in [3.05, 3.63) is 40.7 Å². The molecule has 2 N–H and O–H groups in total. The van der Waals surface area contributed by atoms with Crippen LogP contribution in [0.3, 0.4) is 0 Å². The summed E-state index contributed by atoms with van der Waals surface area (Å²) in [5, 5.41) is 15.9. The van der Waals surface area contributed by atoms with Crippen LogP contribution in [-0.4, -0.2) is 36.5 Å². The number of nitrogens with one attached hydrogen (secondary N) is 1. The van der Waals surface area contributed by atoms with Crippen molar-refractivity contribution in [2.45, 2.75) is 19.4 Å². The molecule has 1 aliphatic heterocycles. The zero-order chi connectivity index (χ0) is 15.3. The Labute approximate surface area is 135 Å². The minimum atomic E-state index is 0.0915. The topological polar surface area (TPSA) is 54.4 Å². The van der Waals surface area contributed by atoms with Gasteiger partial charge in [0.1, 0.15) is 5.01 Å². The second-order valence-electron chi connectivity index (χ2n) is 5.87. The van der Waals surface area contributed by atoms with Gasteiger partial charge in [-0.3, -0.25) is 0 Å². The molecule has 1 saturated heterocycles. The van der Waals surface area contributed by atoms with E-state index in [4.69, 9.17) is 4.74 Å². The molecule has 1 fully saturated rings. The third-order valence-electron chi connectivity index (χ3n) is 4.22. The fourth-order valence-electron chi connectivity index (χ4n) is 2.88. The normalized spacial score (nSPS) is 21.3. The van der Waals surface area contributed by atoms with Crippen molar-refractivity contribution in [1.82, 2.24) is 10.3 Å². The van der Waals surface area contributed by atoms with Crippen molar-refractivity contribution >= 4 is 11.3 Å². The van der Waals surface area contributed by atoms with Crippen molar-refractivity contribution < 1.29 is 9.84 Å². The standard InChI is InChI=1S/C17H22N2O2S/c20-8-6-17(7-9-21-13-17)12-18-10-16-19-15(11-22-16)14-4-2-1-3-5-14/h1-5,11,18,20H,6-10,12-13H2. The van der Waals surface area contributed by atoms with Gasteiger partial charge in [0.25, 0.3) is 0 Å². The van der Waals surface area contributed by atoms with Gasteiger partial charge in [0.15, 0.2) is 0 Å². The number of aromatic nitrogens is 1. The van der Waals surface area contributed by atoms with Crippen molar-refractivity contribution in [3.63, 3.8) is 0 Å². The van der Waals surface area contributed by atoms with Crippen molar-refractivity contribution in [2.75, 3.05) is 26.4 Å². The molecule has 0 amide bonds. The average molecular weight is 318 g/mol. The lowest BCUT2D eigenvalue weighted by atomic mass is 9.84. The van der Waals surface area contributed by atoms with Crippen LogP contribution in [0.2, 0.25) is 0 Å². The zero-order valence-electron chi connectivity index (χ0n) is 12.6. The van der Waals surface area contributed by atoms with E-state index in [9.17, 15) is 5.11 Å². The molecule has 1 atom stereocenters. The Morgan fingerprint density at radius 3 is 2.91 bits per heavy atom. The molecular formula is C17H22N2O2S. The van der Waals surface area contributed by atoms with Crippen LogP contribution in [0.25, 0.3) is 11.3 Å². The number of nitrogens with zero attached hydrogens (tertiary/aromatic N) is 1. The molecular weight excluding hydrogens is 296 g/mol. The van der Waals surface area contributed by atoms with E-state index in [-0.39, 0.29) is 12.0 Å². The number of rotatable bonds is 7. The predicted octanol–water partition coefficient (Wildman–Crippen LogP) is 2.69. The minimum absolute atomic E-state index is 0.0915. The number of ether oxygens (including phenoxy) is 1. The Morgan fingerprint density at radius 1 is 1.32 bits per heavy atom. The summed E-state index contributed by atoms with van der Waals surface area (Å²) in [4.78, 5) is 4.69. The quantitative estimate of drug-likeness (QED) is 0.824. The highest BCUT2D eigenvalue weighted by Crippen LogP contribution is 2.31. The average Bonchev–Trinajstić information content (AvgIpc) is 3.19. The number of thiazole rings is 1. The highest BCUT2D eigenvalue weighted by atomic mass is 32.1. The number of hydrogen-bond donors (Lipinski definition) is 2. The molecule has 1 unspecified atom stereocenters. The lowest BCUT2D eigenvalue weighted by Gasteiger charge is -2.26. The van der Waals surface area contributed by atoms with Gasteiger partial charge in [-0.2, -0.15) is 0 Å². The third kappa shape index (κ3) is 3.73. The van der Waals surface area contributed by atoms with E-state index < -0.39 is 0 Å². The zero-order valence-corrected chi connectivity index (χ0v) is 13.4. The van der Waals surface area contributed by atoms with Gasteiger partial charge in [0.05, 0.1) is 12.3 Å². The molecule has 1 aromatic heterocycles. The highest BCUT2D eigenvalue weighted by molar-refractivity contribution is 7.09. The highest BCUT2D eigenvalue weighted by Gasteiger charge is 2.33. The van der Waals surface area contributed by atoms with Crippen LogP contribution in [0.15, 0.2) is 35.7 Å².